The molecule has 0 radical (unpaired) electrons. The molecule has 110 valence electrons. The van der Waals surface area contributed by atoms with Gasteiger partial charge in [0.15, 0.2) is 0 Å². The van der Waals surface area contributed by atoms with Gasteiger partial charge in [-0.1, -0.05) is 28.1 Å². The number of halogens is 1. The maximum atomic E-state index is 11.8. The molecule has 1 aliphatic rings. The minimum Gasteiger partial charge on any atom is -0.395 e. The van der Waals surface area contributed by atoms with Gasteiger partial charge in [0.25, 0.3) is 0 Å². The number of hydrogen-bond acceptors (Lipinski definition) is 4. The van der Waals surface area contributed by atoms with Gasteiger partial charge in [-0.2, -0.15) is 0 Å². The highest BCUT2D eigenvalue weighted by atomic mass is 79.9. The number of β-amino-alcohol motifs (C(OH)–C–C–N with tert-alkyl or cyclic N) is 1. The van der Waals surface area contributed by atoms with Crippen LogP contribution in [-0.4, -0.2) is 60.1 Å². The fraction of sp³-hybridized carbons (Fsp3) is 0.500. The molecule has 1 amide bonds. The molecule has 1 aliphatic heterocycles. The van der Waals surface area contributed by atoms with Crippen molar-refractivity contribution >= 4 is 21.8 Å². The van der Waals surface area contributed by atoms with Crippen LogP contribution in [0.3, 0.4) is 0 Å². The number of carbonyl (C=O) groups is 1. The van der Waals surface area contributed by atoms with Crippen LogP contribution in [0.2, 0.25) is 0 Å². The van der Waals surface area contributed by atoms with Gasteiger partial charge in [-0.15, -0.1) is 0 Å². The van der Waals surface area contributed by atoms with Crippen LogP contribution in [0, 0.1) is 0 Å². The Bertz CT molecular complexity index is 461. The highest BCUT2D eigenvalue weighted by molar-refractivity contribution is 9.10. The SMILES string of the molecule is NC(=O)C(c1cccc(Br)c1)N1CCN(CCO)CC1. The third-order valence-corrected chi connectivity index (χ3v) is 4.12. The third kappa shape index (κ3) is 3.79. The third-order valence-electron chi connectivity index (χ3n) is 3.62. The maximum Gasteiger partial charge on any atom is 0.239 e. The van der Waals surface area contributed by atoms with Crippen molar-refractivity contribution < 1.29 is 9.90 Å². The largest absolute Gasteiger partial charge is 0.395 e. The first kappa shape index (κ1) is 15.4. The summed E-state index contributed by atoms with van der Waals surface area (Å²) in [4.78, 5) is 16.1. The Morgan fingerprint density at radius 3 is 2.60 bits per heavy atom. The van der Waals surface area contributed by atoms with Crippen molar-refractivity contribution in [3.8, 4) is 0 Å². The van der Waals surface area contributed by atoms with Crippen molar-refractivity contribution in [2.45, 2.75) is 6.04 Å². The van der Waals surface area contributed by atoms with Gasteiger partial charge in [-0.05, 0) is 17.7 Å². The summed E-state index contributed by atoms with van der Waals surface area (Å²) < 4.78 is 0.945. The summed E-state index contributed by atoms with van der Waals surface area (Å²) >= 11 is 3.43. The van der Waals surface area contributed by atoms with Crippen LogP contribution in [-0.2, 0) is 4.79 Å². The van der Waals surface area contributed by atoms with E-state index in [0.717, 1.165) is 36.2 Å². The molecule has 1 aromatic carbocycles. The summed E-state index contributed by atoms with van der Waals surface area (Å²) in [5.41, 5.74) is 6.51. The molecule has 0 aromatic heterocycles. The van der Waals surface area contributed by atoms with Crippen molar-refractivity contribution in [1.82, 2.24) is 9.80 Å². The van der Waals surface area contributed by atoms with Crippen LogP contribution in [0.15, 0.2) is 28.7 Å². The predicted octanol–water partition coefficient (Wildman–Crippen LogP) is 0.585. The summed E-state index contributed by atoms with van der Waals surface area (Å²) in [7, 11) is 0. The van der Waals surface area contributed by atoms with Gasteiger partial charge in [-0.25, -0.2) is 0 Å². The average Bonchev–Trinajstić information content (AvgIpc) is 2.41. The quantitative estimate of drug-likeness (QED) is 0.822. The van der Waals surface area contributed by atoms with E-state index in [1.807, 2.05) is 24.3 Å². The molecule has 20 heavy (non-hydrogen) atoms. The average molecular weight is 342 g/mol. The number of benzene rings is 1. The van der Waals surface area contributed by atoms with Gasteiger partial charge >= 0.3 is 0 Å². The highest BCUT2D eigenvalue weighted by Crippen LogP contribution is 2.24. The number of nitrogens with zero attached hydrogens (tertiary/aromatic N) is 2. The Morgan fingerprint density at radius 2 is 2.05 bits per heavy atom. The van der Waals surface area contributed by atoms with Crippen LogP contribution >= 0.6 is 15.9 Å². The molecule has 1 unspecified atom stereocenters. The molecule has 1 saturated heterocycles. The molecule has 1 aromatic rings. The Balaban J connectivity index is 2.09. The molecule has 1 heterocycles. The van der Waals surface area contributed by atoms with Crippen LogP contribution in [0.25, 0.3) is 0 Å². The number of rotatable bonds is 5. The lowest BCUT2D eigenvalue weighted by Crippen LogP contribution is -2.50. The van der Waals surface area contributed by atoms with E-state index in [1.54, 1.807) is 0 Å². The zero-order valence-corrected chi connectivity index (χ0v) is 12.9. The van der Waals surface area contributed by atoms with Crippen LogP contribution in [0.4, 0.5) is 0 Å². The molecule has 3 N–H and O–H groups in total. The van der Waals surface area contributed by atoms with Crippen molar-refractivity contribution in [3.05, 3.63) is 34.3 Å². The molecule has 5 nitrogen and oxygen atoms in total. The van der Waals surface area contributed by atoms with E-state index in [9.17, 15) is 4.79 Å². The fourth-order valence-corrected chi connectivity index (χ4v) is 3.04. The number of primary amides is 1. The number of nitrogens with two attached hydrogens (primary N) is 1. The highest BCUT2D eigenvalue weighted by Gasteiger charge is 2.28. The minimum absolute atomic E-state index is 0.172. The second kappa shape index (κ2) is 7.17. The Labute approximate surface area is 127 Å². The van der Waals surface area contributed by atoms with Crippen LogP contribution in [0.5, 0.6) is 0 Å². The molecule has 0 saturated carbocycles. The lowest BCUT2D eigenvalue weighted by Gasteiger charge is -2.38. The number of aliphatic hydroxyl groups is 1. The predicted molar refractivity (Wildman–Crippen MR) is 81.2 cm³/mol. The van der Waals surface area contributed by atoms with E-state index in [2.05, 4.69) is 25.7 Å². The number of aliphatic hydroxyl groups excluding tert-OH is 1. The van der Waals surface area contributed by atoms with Gasteiger partial charge in [-0.3, -0.25) is 14.6 Å². The monoisotopic (exact) mass is 341 g/mol. The van der Waals surface area contributed by atoms with Gasteiger partial charge in [0.1, 0.15) is 6.04 Å². The number of piperazine rings is 1. The Hall–Kier alpha value is -0.950. The maximum absolute atomic E-state index is 11.8. The Morgan fingerprint density at radius 1 is 1.35 bits per heavy atom. The second-order valence-electron chi connectivity index (χ2n) is 4.96. The summed E-state index contributed by atoms with van der Waals surface area (Å²) in [6, 6.07) is 7.33. The van der Waals surface area contributed by atoms with E-state index in [1.165, 1.54) is 0 Å². The summed E-state index contributed by atoms with van der Waals surface area (Å²) in [5.74, 6) is -0.321. The molecular formula is C14H20BrN3O2. The number of hydrogen-bond donors (Lipinski definition) is 2. The molecular weight excluding hydrogens is 322 g/mol. The minimum atomic E-state index is -0.385. The normalized spacial score (nSPS) is 18.9. The molecule has 2 rings (SSSR count). The first-order valence-corrected chi connectivity index (χ1v) is 7.53. The summed E-state index contributed by atoms with van der Waals surface area (Å²) in [6.45, 7) is 4.10. The van der Waals surface area contributed by atoms with Crippen molar-refractivity contribution in [1.29, 1.82) is 0 Å². The van der Waals surface area contributed by atoms with Crippen molar-refractivity contribution in [2.24, 2.45) is 5.73 Å². The molecule has 1 fully saturated rings. The van der Waals surface area contributed by atoms with Gasteiger partial charge in [0.05, 0.1) is 6.61 Å². The second-order valence-corrected chi connectivity index (χ2v) is 5.88. The van der Waals surface area contributed by atoms with E-state index >= 15 is 0 Å². The molecule has 0 spiro atoms. The lowest BCUT2D eigenvalue weighted by molar-refractivity contribution is -0.124. The zero-order chi connectivity index (χ0) is 14.5. The van der Waals surface area contributed by atoms with E-state index in [-0.39, 0.29) is 18.6 Å². The zero-order valence-electron chi connectivity index (χ0n) is 11.3. The number of amides is 1. The van der Waals surface area contributed by atoms with E-state index in [4.69, 9.17) is 10.8 Å². The summed E-state index contributed by atoms with van der Waals surface area (Å²) in [5, 5.41) is 8.96. The van der Waals surface area contributed by atoms with E-state index in [0.29, 0.717) is 6.54 Å². The van der Waals surface area contributed by atoms with Gasteiger partial charge in [0, 0.05) is 37.2 Å². The molecule has 0 bridgehead atoms. The van der Waals surface area contributed by atoms with Crippen LogP contribution < -0.4 is 5.73 Å². The standard InChI is InChI=1S/C14H20BrN3O2/c15-12-3-1-2-11(10-12)13(14(16)20)18-6-4-17(5-7-18)8-9-19/h1-3,10,13,19H,4-9H2,(H2,16,20). The van der Waals surface area contributed by atoms with Crippen molar-refractivity contribution in [2.75, 3.05) is 39.3 Å². The molecule has 0 aliphatic carbocycles. The van der Waals surface area contributed by atoms with Crippen molar-refractivity contribution in [3.63, 3.8) is 0 Å². The van der Waals surface area contributed by atoms with Gasteiger partial charge < -0.3 is 10.8 Å². The summed E-state index contributed by atoms with van der Waals surface area (Å²) in [6.07, 6.45) is 0. The molecule has 6 heteroatoms. The van der Waals surface area contributed by atoms with Crippen LogP contribution in [0.1, 0.15) is 11.6 Å². The topological polar surface area (TPSA) is 69.8 Å². The Kier molecular flexibility index (Phi) is 5.54. The number of carbonyl (C=O) groups excluding carboxylic acids is 1. The first-order chi connectivity index (χ1) is 9.61. The fourth-order valence-electron chi connectivity index (χ4n) is 2.62. The van der Waals surface area contributed by atoms with Gasteiger partial charge in [0.2, 0.25) is 5.91 Å². The molecule has 1 atom stereocenters. The lowest BCUT2D eigenvalue weighted by atomic mass is 10.0. The first-order valence-electron chi connectivity index (χ1n) is 6.74. The van der Waals surface area contributed by atoms with E-state index < -0.39 is 0 Å². The smallest absolute Gasteiger partial charge is 0.239 e.